The lowest BCUT2D eigenvalue weighted by molar-refractivity contribution is 0.101. The van der Waals surface area contributed by atoms with Crippen molar-refractivity contribution in [2.45, 2.75) is 16.7 Å². The van der Waals surface area contributed by atoms with Gasteiger partial charge in [0.25, 0.3) is 5.91 Å². The number of carbonyl (C=O) groups is 1. The Labute approximate surface area is 240 Å². The van der Waals surface area contributed by atoms with Crippen LogP contribution in [0.15, 0.2) is 88.7 Å². The van der Waals surface area contributed by atoms with E-state index in [1.807, 2.05) is 0 Å². The number of benzene rings is 4. The second-order valence-electron chi connectivity index (χ2n) is 9.36. The van der Waals surface area contributed by atoms with Gasteiger partial charge in [-0.15, -0.1) is 0 Å². The van der Waals surface area contributed by atoms with E-state index in [1.165, 1.54) is 47.1 Å². The zero-order valence-corrected chi connectivity index (χ0v) is 24.0. The third kappa shape index (κ3) is 5.72. The lowest BCUT2D eigenvalue weighted by Gasteiger charge is -2.14. The Kier molecular flexibility index (Phi) is 7.20. The maximum atomic E-state index is 15.2. The number of anilines is 1. The van der Waals surface area contributed by atoms with Gasteiger partial charge in [0.05, 0.1) is 26.9 Å². The number of hydrogen-bond acceptors (Lipinski definition) is 6. The summed E-state index contributed by atoms with van der Waals surface area (Å²) in [6, 6.07) is 19.2. The molecule has 0 spiro atoms. The molecule has 1 heterocycles. The van der Waals surface area contributed by atoms with Gasteiger partial charge in [-0.3, -0.25) is 4.79 Å². The lowest BCUT2D eigenvalue weighted by Crippen LogP contribution is -2.19. The van der Waals surface area contributed by atoms with Crippen molar-refractivity contribution in [2.24, 2.45) is 5.14 Å². The molecule has 0 atom stereocenters. The van der Waals surface area contributed by atoms with Crippen molar-refractivity contribution >= 4 is 53.8 Å². The van der Waals surface area contributed by atoms with Gasteiger partial charge in [0, 0.05) is 16.8 Å². The second-order valence-corrected chi connectivity index (χ2v) is 13.3. The van der Waals surface area contributed by atoms with E-state index in [0.29, 0.717) is 21.5 Å². The zero-order valence-electron chi connectivity index (χ0n) is 21.6. The molecule has 0 saturated heterocycles. The predicted molar refractivity (Wildman–Crippen MR) is 155 cm³/mol. The fourth-order valence-electron chi connectivity index (χ4n) is 4.47. The molecule has 0 radical (unpaired) electrons. The number of aromatic nitrogens is 2. The number of nitrogens with zero attached hydrogens (tertiary/aromatic N) is 2. The fraction of sp³-hybridized carbons (Fsp3) is 0.0714. The maximum Gasteiger partial charge on any atom is 0.274 e. The van der Waals surface area contributed by atoms with Crippen LogP contribution in [0.1, 0.15) is 16.2 Å². The molecule has 9 nitrogen and oxygen atoms in total. The van der Waals surface area contributed by atoms with E-state index in [-0.39, 0.29) is 38.0 Å². The number of nitrogens with two attached hydrogens (primary N) is 1. The van der Waals surface area contributed by atoms with Crippen LogP contribution in [0.25, 0.3) is 27.6 Å². The topological polar surface area (TPSA) is 141 Å². The minimum atomic E-state index is -4.07. The summed E-state index contributed by atoms with van der Waals surface area (Å²) >= 11 is 6.14. The van der Waals surface area contributed by atoms with Crippen molar-refractivity contribution in [3.8, 4) is 16.8 Å². The summed E-state index contributed by atoms with van der Waals surface area (Å²) in [5.41, 5.74) is 0.735. The molecule has 5 rings (SSSR count). The number of amides is 1. The van der Waals surface area contributed by atoms with Gasteiger partial charge < -0.3 is 5.32 Å². The third-order valence-electron chi connectivity index (χ3n) is 6.29. The normalized spacial score (nSPS) is 12.0. The first kappa shape index (κ1) is 28.4. The zero-order chi connectivity index (χ0) is 29.7. The second kappa shape index (κ2) is 10.4. The van der Waals surface area contributed by atoms with Gasteiger partial charge in [0.2, 0.25) is 10.0 Å². The van der Waals surface area contributed by atoms with E-state index in [9.17, 15) is 21.6 Å². The summed E-state index contributed by atoms with van der Waals surface area (Å²) in [5, 5.41) is 13.8. The Morgan fingerprint density at radius 3 is 2.34 bits per heavy atom. The van der Waals surface area contributed by atoms with Gasteiger partial charge in [0.15, 0.2) is 9.84 Å². The number of carbonyl (C=O) groups excluding carboxylic acids is 1. The highest BCUT2D eigenvalue weighted by Crippen LogP contribution is 2.31. The Morgan fingerprint density at radius 1 is 0.927 bits per heavy atom. The van der Waals surface area contributed by atoms with Crippen molar-refractivity contribution in [2.75, 3.05) is 11.6 Å². The molecule has 5 aromatic rings. The first-order valence-electron chi connectivity index (χ1n) is 12.0. The number of aryl methyl sites for hydroxylation is 1. The maximum absolute atomic E-state index is 15.2. The van der Waals surface area contributed by atoms with Crippen LogP contribution in [0.4, 0.5) is 10.1 Å². The number of sulfonamides is 1. The SMILES string of the molecule is Cc1cc(C(=O)Nc2ccc(-c3ccccc3S(N)(=O)=O)cc2F)n(-c2cc3cc(Cl)ccc3cc2S(C)(=O)=O)n1. The van der Waals surface area contributed by atoms with Gasteiger partial charge in [-0.2, -0.15) is 5.10 Å². The van der Waals surface area contributed by atoms with Gasteiger partial charge in [-0.1, -0.05) is 41.9 Å². The van der Waals surface area contributed by atoms with Crippen molar-refractivity contribution in [1.29, 1.82) is 0 Å². The molecule has 0 saturated carbocycles. The quantitative estimate of drug-likeness (QED) is 0.273. The van der Waals surface area contributed by atoms with Crippen molar-refractivity contribution in [1.82, 2.24) is 9.78 Å². The third-order valence-corrected chi connectivity index (χ3v) is 8.62. The number of sulfone groups is 1. The van der Waals surface area contributed by atoms with Crippen LogP contribution in [-0.4, -0.2) is 38.8 Å². The molecule has 0 aliphatic carbocycles. The molecule has 0 unspecified atom stereocenters. The summed E-state index contributed by atoms with van der Waals surface area (Å²) < 4.78 is 65.8. The standard InChI is InChI=1S/C28H22ClFN4O5S2/c1-16-11-25(34(33-16)24-14-19-12-20(29)9-7-17(19)15-27(24)40(2,36)37)28(35)32-23-10-8-18(13-22(23)30)21-5-3-4-6-26(21)41(31,38)39/h3-15H,1-2H3,(H,32,35)(H2,31,38,39). The fourth-order valence-corrected chi connectivity index (χ4v) is 6.27. The molecule has 0 aliphatic heterocycles. The lowest BCUT2D eigenvalue weighted by atomic mass is 10.0. The number of primary sulfonamides is 1. The van der Waals surface area contributed by atoms with Crippen LogP contribution < -0.4 is 10.5 Å². The van der Waals surface area contributed by atoms with E-state index in [0.717, 1.165) is 12.3 Å². The number of rotatable bonds is 6. The van der Waals surface area contributed by atoms with Crippen molar-refractivity contribution in [3.63, 3.8) is 0 Å². The molecular weight excluding hydrogens is 591 g/mol. The number of hydrogen-bond donors (Lipinski definition) is 2. The Hall–Kier alpha value is -4.10. The first-order chi connectivity index (χ1) is 19.2. The predicted octanol–water partition coefficient (Wildman–Crippen LogP) is 5.10. The summed E-state index contributed by atoms with van der Waals surface area (Å²) in [6.45, 7) is 1.63. The van der Waals surface area contributed by atoms with E-state index in [2.05, 4.69) is 10.4 Å². The van der Waals surface area contributed by atoms with E-state index >= 15 is 4.39 Å². The molecule has 1 aromatic heterocycles. The van der Waals surface area contributed by atoms with Crippen LogP contribution in [0.3, 0.4) is 0 Å². The molecule has 1 amide bonds. The number of nitrogens with one attached hydrogen (secondary N) is 1. The molecule has 0 bridgehead atoms. The Morgan fingerprint density at radius 2 is 1.66 bits per heavy atom. The van der Waals surface area contributed by atoms with Crippen LogP contribution in [0.2, 0.25) is 5.02 Å². The largest absolute Gasteiger partial charge is 0.318 e. The Balaban J connectivity index is 1.55. The van der Waals surface area contributed by atoms with Crippen LogP contribution in [-0.2, 0) is 19.9 Å². The van der Waals surface area contributed by atoms with Crippen molar-refractivity contribution in [3.05, 3.63) is 101 Å². The van der Waals surface area contributed by atoms with Crippen molar-refractivity contribution < 1.29 is 26.0 Å². The minimum Gasteiger partial charge on any atom is -0.318 e. The van der Waals surface area contributed by atoms with Crippen LogP contribution >= 0.6 is 11.6 Å². The van der Waals surface area contributed by atoms with Crippen LogP contribution in [0, 0.1) is 12.7 Å². The number of halogens is 2. The molecule has 13 heteroatoms. The molecule has 0 aliphatic rings. The molecular formula is C28H22ClFN4O5S2. The van der Waals surface area contributed by atoms with E-state index < -0.39 is 31.6 Å². The first-order valence-corrected chi connectivity index (χ1v) is 15.8. The highest BCUT2D eigenvalue weighted by molar-refractivity contribution is 7.90. The monoisotopic (exact) mass is 612 g/mol. The van der Waals surface area contributed by atoms with Crippen LogP contribution in [0.5, 0.6) is 0 Å². The molecule has 4 aromatic carbocycles. The van der Waals surface area contributed by atoms with E-state index in [1.54, 1.807) is 37.3 Å². The molecule has 210 valence electrons. The summed E-state index contributed by atoms with van der Waals surface area (Å²) in [7, 11) is -7.84. The van der Waals surface area contributed by atoms with E-state index in [4.69, 9.17) is 16.7 Å². The average molecular weight is 613 g/mol. The molecule has 0 fully saturated rings. The van der Waals surface area contributed by atoms with Gasteiger partial charge >= 0.3 is 0 Å². The Bertz CT molecular complexity index is 2090. The van der Waals surface area contributed by atoms with Gasteiger partial charge in [-0.25, -0.2) is 31.0 Å². The highest BCUT2D eigenvalue weighted by Gasteiger charge is 2.23. The summed E-state index contributed by atoms with van der Waals surface area (Å²) in [5.74, 6) is -1.59. The average Bonchev–Trinajstić information content (AvgIpc) is 3.29. The smallest absolute Gasteiger partial charge is 0.274 e. The molecule has 3 N–H and O–H groups in total. The number of fused-ring (bicyclic) bond motifs is 1. The van der Waals surface area contributed by atoms with Gasteiger partial charge in [0.1, 0.15) is 11.5 Å². The van der Waals surface area contributed by atoms with Gasteiger partial charge in [-0.05, 0) is 71.8 Å². The summed E-state index contributed by atoms with van der Waals surface area (Å²) in [6.07, 6.45) is 1.05. The molecule has 41 heavy (non-hydrogen) atoms. The highest BCUT2D eigenvalue weighted by atomic mass is 35.5. The minimum absolute atomic E-state index is 0.0446. The summed E-state index contributed by atoms with van der Waals surface area (Å²) in [4.78, 5) is 13.2.